The number of nitrogens with zero attached hydrogens (tertiary/aromatic N) is 2. The maximum absolute atomic E-state index is 14.0. The summed E-state index contributed by atoms with van der Waals surface area (Å²) in [5.74, 6) is -0.662. The molecule has 0 saturated carbocycles. The lowest BCUT2D eigenvalue weighted by atomic mass is 10.2. The van der Waals surface area contributed by atoms with Gasteiger partial charge in [-0.05, 0) is 56.0 Å². The van der Waals surface area contributed by atoms with E-state index in [0.29, 0.717) is 16.3 Å². The largest absolute Gasteiger partial charge is 0.314 e. The highest BCUT2D eigenvalue weighted by molar-refractivity contribution is 8.18. The van der Waals surface area contributed by atoms with Crippen LogP contribution in [-0.2, 0) is 4.79 Å². The van der Waals surface area contributed by atoms with Crippen LogP contribution < -0.4 is 0 Å². The minimum atomic E-state index is -0.353. The van der Waals surface area contributed by atoms with Crippen molar-refractivity contribution in [1.29, 1.82) is 0 Å². The van der Waals surface area contributed by atoms with Crippen molar-refractivity contribution in [2.45, 2.75) is 19.9 Å². The van der Waals surface area contributed by atoms with Crippen molar-refractivity contribution in [3.8, 4) is 5.69 Å². The number of para-hydroxylation sites is 1. The number of hydrogen-bond donors (Lipinski definition) is 0. The smallest absolute Gasteiger partial charge is 0.293 e. The van der Waals surface area contributed by atoms with Crippen LogP contribution in [0.5, 0.6) is 0 Å². The first-order valence-corrected chi connectivity index (χ1v) is 8.00. The molecule has 3 rings (SSSR count). The summed E-state index contributed by atoms with van der Waals surface area (Å²) in [7, 11) is 0. The van der Waals surface area contributed by atoms with Gasteiger partial charge in [-0.1, -0.05) is 12.1 Å². The van der Waals surface area contributed by atoms with Crippen LogP contribution in [0.1, 0.15) is 19.5 Å². The van der Waals surface area contributed by atoms with Crippen LogP contribution in [0, 0.1) is 5.82 Å². The second-order valence-electron chi connectivity index (χ2n) is 5.40. The highest BCUT2D eigenvalue weighted by atomic mass is 32.2. The molecule has 0 radical (unpaired) electrons. The van der Waals surface area contributed by atoms with Gasteiger partial charge in [-0.3, -0.25) is 14.5 Å². The van der Waals surface area contributed by atoms with Crippen LogP contribution in [0.25, 0.3) is 11.8 Å². The number of halogens is 1. The zero-order chi connectivity index (χ0) is 16.6. The van der Waals surface area contributed by atoms with Crippen molar-refractivity contribution in [2.24, 2.45) is 0 Å². The molecule has 118 valence electrons. The van der Waals surface area contributed by atoms with Crippen molar-refractivity contribution < 1.29 is 14.0 Å². The zero-order valence-electron chi connectivity index (χ0n) is 12.7. The Morgan fingerprint density at radius 3 is 2.52 bits per heavy atom. The molecule has 1 aromatic carbocycles. The van der Waals surface area contributed by atoms with Gasteiger partial charge in [0.2, 0.25) is 0 Å². The molecule has 0 aliphatic carbocycles. The molecule has 6 heteroatoms. The molecule has 1 aromatic heterocycles. The average molecular weight is 330 g/mol. The number of amides is 2. The van der Waals surface area contributed by atoms with Crippen molar-refractivity contribution in [2.75, 3.05) is 0 Å². The van der Waals surface area contributed by atoms with Crippen LogP contribution in [0.2, 0.25) is 0 Å². The molecule has 2 heterocycles. The summed E-state index contributed by atoms with van der Waals surface area (Å²) < 4.78 is 15.6. The minimum absolute atomic E-state index is 0.188. The topological polar surface area (TPSA) is 42.3 Å². The van der Waals surface area contributed by atoms with Gasteiger partial charge >= 0.3 is 0 Å². The highest BCUT2D eigenvalue weighted by Crippen LogP contribution is 2.33. The SMILES string of the molecule is CC(C)N1C(=O)SC(=Cc2cccn2-c2ccccc2F)C1=O. The van der Waals surface area contributed by atoms with E-state index in [1.165, 1.54) is 11.0 Å². The molecule has 0 unspecified atom stereocenters. The molecular formula is C17H15FN2O2S. The highest BCUT2D eigenvalue weighted by Gasteiger charge is 2.36. The Hall–Kier alpha value is -2.34. The Morgan fingerprint density at radius 1 is 1.13 bits per heavy atom. The molecule has 0 N–H and O–H groups in total. The van der Waals surface area contributed by atoms with Gasteiger partial charge in [0.15, 0.2) is 0 Å². The summed E-state index contributed by atoms with van der Waals surface area (Å²) in [4.78, 5) is 25.8. The summed E-state index contributed by atoms with van der Waals surface area (Å²) in [5.41, 5.74) is 1.04. The fourth-order valence-electron chi connectivity index (χ4n) is 2.44. The van der Waals surface area contributed by atoms with Crippen LogP contribution in [-0.4, -0.2) is 26.7 Å². The second-order valence-corrected chi connectivity index (χ2v) is 6.39. The fraction of sp³-hybridized carbons (Fsp3) is 0.176. The van der Waals surface area contributed by atoms with E-state index < -0.39 is 0 Å². The first kappa shape index (κ1) is 15.6. The Bertz CT molecular complexity index is 810. The van der Waals surface area contributed by atoms with E-state index in [0.717, 1.165) is 11.8 Å². The maximum atomic E-state index is 14.0. The van der Waals surface area contributed by atoms with Gasteiger partial charge in [0.1, 0.15) is 5.82 Å². The van der Waals surface area contributed by atoms with Crippen LogP contribution in [0.15, 0.2) is 47.5 Å². The number of carbonyl (C=O) groups excluding carboxylic acids is 2. The molecule has 0 bridgehead atoms. The Morgan fingerprint density at radius 2 is 1.87 bits per heavy atom. The molecule has 1 aliphatic heterocycles. The quantitative estimate of drug-likeness (QED) is 0.797. The van der Waals surface area contributed by atoms with Gasteiger partial charge in [-0.15, -0.1) is 0 Å². The van der Waals surface area contributed by atoms with Crippen molar-refractivity contribution in [3.63, 3.8) is 0 Å². The fourth-order valence-corrected chi connectivity index (χ4v) is 3.38. The molecule has 23 heavy (non-hydrogen) atoms. The third-order valence-electron chi connectivity index (χ3n) is 3.51. The Balaban J connectivity index is 2.00. The molecule has 2 aromatic rings. The van der Waals surface area contributed by atoms with Crippen LogP contribution in [0.4, 0.5) is 9.18 Å². The monoisotopic (exact) mass is 330 g/mol. The summed E-state index contributed by atoms with van der Waals surface area (Å²) in [6, 6.07) is 9.76. The molecule has 2 amide bonds. The lowest BCUT2D eigenvalue weighted by molar-refractivity contribution is -0.123. The van der Waals surface area contributed by atoms with E-state index in [4.69, 9.17) is 0 Å². The minimum Gasteiger partial charge on any atom is -0.314 e. The zero-order valence-corrected chi connectivity index (χ0v) is 13.5. The van der Waals surface area contributed by atoms with Gasteiger partial charge in [-0.25, -0.2) is 4.39 Å². The van der Waals surface area contributed by atoms with Gasteiger partial charge < -0.3 is 4.57 Å². The second kappa shape index (κ2) is 6.04. The standard InChI is InChI=1S/C17H15FN2O2S/c1-11(2)20-16(21)15(23-17(20)22)10-12-6-5-9-19(12)14-8-4-3-7-13(14)18/h3-11H,1-2H3. The van der Waals surface area contributed by atoms with E-state index in [-0.39, 0.29) is 23.0 Å². The molecular weight excluding hydrogens is 315 g/mol. The van der Waals surface area contributed by atoms with Gasteiger partial charge in [-0.2, -0.15) is 0 Å². The van der Waals surface area contributed by atoms with E-state index in [2.05, 4.69) is 0 Å². The van der Waals surface area contributed by atoms with Gasteiger partial charge in [0.05, 0.1) is 10.6 Å². The van der Waals surface area contributed by atoms with Crippen molar-refractivity contribution >= 4 is 29.0 Å². The van der Waals surface area contributed by atoms with E-state index in [1.54, 1.807) is 61.0 Å². The average Bonchev–Trinajstić information content (AvgIpc) is 3.05. The Kier molecular flexibility index (Phi) is 4.09. The summed E-state index contributed by atoms with van der Waals surface area (Å²) >= 11 is 0.908. The van der Waals surface area contributed by atoms with Crippen LogP contribution >= 0.6 is 11.8 Å². The molecule has 1 saturated heterocycles. The van der Waals surface area contributed by atoms with Crippen LogP contribution in [0.3, 0.4) is 0 Å². The molecule has 1 fully saturated rings. The van der Waals surface area contributed by atoms with Crippen molar-refractivity contribution in [1.82, 2.24) is 9.47 Å². The summed E-state index contributed by atoms with van der Waals surface area (Å²) in [6.07, 6.45) is 3.34. The van der Waals surface area contributed by atoms with Gasteiger partial charge in [0, 0.05) is 17.9 Å². The first-order chi connectivity index (χ1) is 11.0. The van der Waals surface area contributed by atoms with E-state index in [9.17, 15) is 14.0 Å². The molecule has 0 spiro atoms. The lowest BCUT2D eigenvalue weighted by Crippen LogP contribution is -2.34. The predicted molar refractivity (Wildman–Crippen MR) is 88.7 cm³/mol. The number of benzene rings is 1. The summed E-state index contributed by atoms with van der Waals surface area (Å²) in [6.45, 7) is 3.59. The Labute approximate surface area is 137 Å². The number of imide groups is 1. The first-order valence-electron chi connectivity index (χ1n) is 7.18. The lowest BCUT2D eigenvalue weighted by Gasteiger charge is -2.16. The normalized spacial score (nSPS) is 16.9. The van der Waals surface area contributed by atoms with E-state index in [1.807, 2.05) is 0 Å². The molecule has 1 aliphatic rings. The third-order valence-corrected chi connectivity index (χ3v) is 4.39. The number of thioether (sulfide) groups is 1. The number of aromatic nitrogens is 1. The third kappa shape index (κ3) is 2.82. The summed E-state index contributed by atoms with van der Waals surface area (Å²) in [5, 5.41) is -0.278. The van der Waals surface area contributed by atoms with Crippen molar-refractivity contribution in [3.05, 3.63) is 59.0 Å². The molecule has 0 atom stereocenters. The number of hydrogen-bond acceptors (Lipinski definition) is 3. The number of rotatable bonds is 3. The molecule has 4 nitrogen and oxygen atoms in total. The number of carbonyl (C=O) groups is 2. The predicted octanol–water partition coefficient (Wildman–Crippen LogP) is 4.06. The van der Waals surface area contributed by atoms with Gasteiger partial charge in [0.25, 0.3) is 11.1 Å². The maximum Gasteiger partial charge on any atom is 0.293 e. The van der Waals surface area contributed by atoms with E-state index >= 15 is 0 Å².